The number of ether oxygens (including phenoxy) is 2. The van der Waals surface area contributed by atoms with E-state index in [-0.39, 0.29) is 26.1 Å². The van der Waals surface area contributed by atoms with Gasteiger partial charge in [0.15, 0.2) is 0 Å². The molecule has 0 bridgehead atoms. The smallest absolute Gasteiger partial charge is 0.410 e. The van der Waals surface area contributed by atoms with E-state index in [1.165, 1.54) is 4.90 Å². The number of hydrogen-bond donors (Lipinski definition) is 0. The second kappa shape index (κ2) is 8.47. The van der Waals surface area contributed by atoms with Gasteiger partial charge in [-0.3, -0.25) is 4.79 Å². The van der Waals surface area contributed by atoms with Crippen LogP contribution in [-0.2, 0) is 20.9 Å². The molecule has 0 spiro atoms. The lowest BCUT2D eigenvalue weighted by Gasteiger charge is -2.24. The maximum Gasteiger partial charge on any atom is 0.410 e. The summed E-state index contributed by atoms with van der Waals surface area (Å²) >= 11 is 0. The summed E-state index contributed by atoms with van der Waals surface area (Å²) in [7, 11) is 0. The van der Waals surface area contributed by atoms with Gasteiger partial charge in [-0.1, -0.05) is 30.3 Å². The molecule has 7 heteroatoms. The third kappa shape index (κ3) is 5.97. The predicted octanol–water partition coefficient (Wildman–Crippen LogP) is 3.87. The van der Waals surface area contributed by atoms with Gasteiger partial charge in [-0.05, 0) is 32.3 Å². The molecular weight excluding hydrogens is 344 g/mol. The zero-order valence-electron chi connectivity index (χ0n) is 15.3. The molecule has 0 N–H and O–H groups in total. The van der Waals surface area contributed by atoms with Gasteiger partial charge in [0, 0.05) is 19.0 Å². The molecule has 0 radical (unpaired) electrons. The van der Waals surface area contributed by atoms with Crippen molar-refractivity contribution < 1.29 is 27.8 Å². The lowest BCUT2D eigenvalue weighted by molar-refractivity contribution is -0.146. The maximum atomic E-state index is 13.3. The molecule has 1 fully saturated rings. The van der Waals surface area contributed by atoms with E-state index in [1.807, 2.05) is 30.3 Å². The SMILES string of the molecule is CC(C)(C)OC(=O)N1C[C@@H](CC(=O)OCc2ccccc2)[C@H](C(F)F)C1. The average molecular weight is 369 g/mol. The van der Waals surface area contributed by atoms with Gasteiger partial charge in [-0.2, -0.15) is 0 Å². The summed E-state index contributed by atoms with van der Waals surface area (Å²) in [4.78, 5) is 25.4. The van der Waals surface area contributed by atoms with E-state index in [1.54, 1.807) is 20.8 Å². The van der Waals surface area contributed by atoms with Gasteiger partial charge in [0.1, 0.15) is 12.2 Å². The molecule has 1 aromatic rings. The normalized spacial score (nSPS) is 20.3. The molecule has 2 atom stereocenters. The van der Waals surface area contributed by atoms with Crippen molar-refractivity contribution >= 4 is 12.1 Å². The van der Waals surface area contributed by atoms with Crippen molar-refractivity contribution in [3.05, 3.63) is 35.9 Å². The van der Waals surface area contributed by atoms with Crippen molar-refractivity contribution in [2.24, 2.45) is 11.8 Å². The number of likely N-dealkylation sites (tertiary alicyclic amines) is 1. The highest BCUT2D eigenvalue weighted by molar-refractivity contribution is 5.71. The first kappa shape index (κ1) is 20.1. The molecule has 1 saturated heterocycles. The Hall–Kier alpha value is -2.18. The molecular formula is C19H25F2NO4. The standard InChI is InChI=1S/C19H25F2NO4/c1-19(2,3)26-18(24)22-10-14(15(11-22)17(20)21)9-16(23)25-12-13-7-5-4-6-8-13/h4-8,14-15,17H,9-12H2,1-3H3/t14-,15-/m1/s1. The summed E-state index contributed by atoms with van der Waals surface area (Å²) < 4.78 is 37.1. The number of nitrogens with zero attached hydrogens (tertiary/aromatic N) is 1. The van der Waals surface area contributed by atoms with Crippen LogP contribution in [0.4, 0.5) is 13.6 Å². The van der Waals surface area contributed by atoms with E-state index in [0.717, 1.165) is 5.56 Å². The first-order valence-corrected chi connectivity index (χ1v) is 8.61. The topological polar surface area (TPSA) is 55.8 Å². The van der Waals surface area contributed by atoms with E-state index >= 15 is 0 Å². The minimum absolute atomic E-state index is 0.0599. The third-order valence-electron chi connectivity index (χ3n) is 4.14. The molecule has 5 nitrogen and oxygen atoms in total. The fourth-order valence-electron chi connectivity index (χ4n) is 2.88. The quantitative estimate of drug-likeness (QED) is 0.740. The number of halogens is 2. The van der Waals surface area contributed by atoms with Crippen LogP contribution in [-0.4, -0.2) is 42.1 Å². The average Bonchev–Trinajstić information content (AvgIpc) is 2.96. The van der Waals surface area contributed by atoms with Crippen LogP contribution in [0.5, 0.6) is 0 Å². The zero-order chi connectivity index (χ0) is 19.3. The van der Waals surface area contributed by atoms with Crippen molar-refractivity contribution in [2.75, 3.05) is 13.1 Å². The first-order chi connectivity index (χ1) is 12.2. The molecule has 1 aliphatic heterocycles. The van der Waals surface area contributed by atoms with Gasteiger partial charge in [-0.15, -0.1) is 0 Å². The minimum Gasteiger partial charge on any atom is -0.461 e. The van der Waals surface area contributed by atoms with Crippen molar-refractivity contribution in [1.29, 1.82) is 0 Å². The molecule has 0 aliphatic carbocycles. The van der Waals surface area contributed by atoms with Crippen molar-refractivity contribution in [1.82, 2.24) is 4.90 Å². The molecule has 26 heavy (non-hydrogen) atoms. The Balaban J connectivity index is 1.91. The Morgan fingerprint density at radius 3 is 2.42 bits per heavy atom. The highest BCUT2D eigenvalue weighted by Crippen LogP contribution is 2.32. The second-order valence-electron chi connectivity index (χ2n) is 7.49. The summed E-state index contributed by atoms with van der Waals surface area (Å²) in [6.45, 7) is 5.17. The third-order valence-corrected chi connectivity index (χ3v) is 4.14. The Morgan fingerprint density at radius 2 is 1.85 bits per heavy atom. The van der Waals surface area contributed by atoms with E-state index in [2.05, 4.69) is 0 Å². The van der Waals surface area contributed by atoms with Crippen LogP contribution in [0.25, 0.3) is 0 Å². The summed E-state index contributed by atoms with van der Waals surface area (Å²) in [5, 5.41) is 0. The molecule has 0 aromatic heterocycles. The number of hydrogen-bond acceptors (Lipinski definition) is 4. The van der Waals surface area contributed by atoms with Crippen LogP contribution >= 0.6 is 0 Å². The molecule has 144 valence electrons. The molecule has 0 saturated carbocycles. The number of carbonyl (C=O) groups excluding carboxylic acids is 2. The molecule has 1 heterocycles. The number of rotatable bonds is 5. The van der Waals surface area contributed by atoms with Gasteiger partial charge in [0.2, 0.25) is 6.43 Å². The molecule has 0 unspecified atom stereocenters. The van der Waals surface area contributed by atoms with Gasteiger partial charge in [-0.25, -0.2) is 13.6 Å². The van der Waals surface area contributed by atoms with Crippen LogP contribution in [0, 0.1) is 11.8 Å². The number of amides is 1. The first-order valence-electron chi connectivity index (χ1n) is 8.61. The van der Waals surface area contributed by atoms with Crippen LogP contribution < -0.4 is 0 Å². The number of alkyl halides is 2. The summed E-state index contributed by atoms with van der Waals surface area (Å²) in [6, 6.07) is 9.13. The fraction of sp³-hybridized carbons (Fsp3) is 0.579. The Bertz CT molecular complexity index is 616. The van der Waals surface area contributed by atoms with Crippen molar-refractivity contribution in [3.63, 3.8) is 0 Å². The maximum absolute atomic E-state index is 13.3. The molecule has 1 amide bonds. The summed E-state index contributed by atoms with van der Waals surface area (Å²) in [5.74, 6) is -2.26. The molecule has 2 rings (SSSR count). The van der Waals surface area contributed by atoms with Crippen LogP contribution in [0.3, 0.4) is 0 Å². The van der Waals surface area contributed by atoms with Crippen molar-refractivity contribution in [2.45, 2.75) is 45.8 Å². The van der Waals surface area contributed by atoms with Gasteiger partial charge < -0.3 is 14.4 Å². The van der Waals surface area contributed by atoms with Gasteiger partial charge in [0.25, 0.3) is 0 Å². The van der Waals surface area contributed by atoms with Crippen LogP contribution in [0.15, 0.2) is 30.3 Å². The van der Waals surface area contributed by atoms with Crippen molar-refractivity contribution in [3.8, 4) is 0 Å². The highest BCUT2D eigenvalue weighted by atomic mass is 19.3. The Kier molecular flexibility index (Phi) is 6.56. The van der Waals surface area contributed by atoms with E-state index in [0.29, 0.717) is 0 Å². The van der Waals surface area contributed by atoms with Gasteiger partial charge >= 0.3 is 12.1 Å². The monoisotopic (exact) mass is 369 g/mol. The zero-order valence-corrected chi connectivity index (χ0v) is 15.3. The lowest BCUT2D eigenvalue weighted by atomic mass is 9.93. The lowest BCUT2D eigenvalue weighted by Crippen LogP contribution is -2.35. The van der Waals surface area contributed by atoms with Crippen LogP contribution in [0.1, 0.15) is 32.8 Å². The predicted molar refractivity (Wildman–Crippen MR) is 91.6 cm³/mol. The number of carbonyl (C=O) groups is 2. The summed E-state index contributed by atoms with van der Waals surface area (Å²) in [6.07, 6.45) is -3.40. The fourth-order valence-corrected chi connectivity index (χ4v) is 2.88. The number of esters is 1. The van der Waals surface area contributed by atoms with E-state index < -0.39 is 35.9 Å². The van der Waals surface area contributed by atoms with E-state index in [9.17, 15) is 18.4 Å². The molecule has 1 aromatic carbocycles. The van der Waals surface area contributed by atoms with E-state index in [4.69, 9.17) is 9.47 Å². The highest BCUT2D eigenvalue weighted by Gasteiger charge is 2.42. The Labute approximate surface area is 152 Å². The number of benzene rings is 1. The molecule has 1 aliphatic rings. The second-order valence-corrected chi connectivity index (χ2v) is 7.49. The minimum atomic E-state index is -2.62. The Morgan fingerprint density at radius 1 is 1.19 bits per heavy atom. The summed E-state index contributed by atoms with van der Waals surface area (Å²) in [5.41, 5.74) is 0.123. The van der Waals surface area contributed by atoms with Crippen LogP contribution in [0.2, 0.25) is 0 Å². The van der Waals surface area contributed by atoms with Gasteiger partial charge in [0.05, 0.1) is 6.42 Å². The largest absolute Gasteiger partial charge is 0.461 e.